The predicted molar refractivity (Wildman–Crippen MR) is 95.9 cm³/mol. The molecule has 0 saturated heterocycles. The van der Waals surface area contributed by atoms with Crippen molar-refractivity contribution in [3.63, 3.8) is 0 Å². The molecule has 0 saturated carbocycles. The van der Waals surface area contributed by atoms with Gasteiger partial charge in [-0.15, -0.1) is 0 Å². The first-order chi connectivity index (χ1) is 13.0. The van der Waals surface area contributed by atoms with Crippen molar-refractivity contribution in [2.75, 3.05) is 6.79 Å². The lowest BCUT2D eigenvalue weighted by molar-refractivity contribution is -0.134. The van der Waals surface area contributed by atoms with Gasteiger partial charge in [-0.2, -0.15) is 8.75 Å². The van der Waals surface area contributed by atoms with Crippen molar-refractivity contribution in [3.05, 3.63) is 53.1 Å². The van der Waals surface area contributed by atoms with Gasteiger partial charge in [-0.3, -0.25) is 0 Å². The minimum Gasteiger partial charge on any atom is -0.478 e. The molecule has 3 aromatic rings. The summed E-state index contributed by atoms with van der Waals surface area (Å²) in [5, 5.41) is 19.4. The Kier molecular flexibility index (Phi) is 4.21. The number of carbonyl (C=O) groups is 2. The fourth-order valence-electron chi connectivity index (χ4n) is 2.89. The van der Waals surface area contributed by atoms with Crippen LogP contribution >= 0.6 is 11.7 Å². The van der Waals surface area contributed by atoms with E-state index in [0.717, 1.165) is 11.7 Å². The first-order valence-corrected chi connectivity index (χ1v) is 8.57. The monoisotopic (exact) mass is 384 g/mol. The zero-order chi connectivity index (χ0) is 19.0. The number of carboxylic acids is 2. The van der Waals surface area contributed by atoms with Crippen LogP contribution < -0.4 is 9.47 Å². The molecular weight excluding hydrogens is 372 g/mol. The molecule has 1 aliphatic rings. The van der Waals surface area contributed by atoms with Gasteiger partial charge >= 0.3 is 11.9 Å². The first-order valence-electron chi connectivity index (χ1n) is 7.84. The minimum absolute atomic E-state index is 0.0824. The Morgan fingerprint density at radius 1 is 0.963 bits per heavy atom. The van der Waals surface area contributed by atoms with Crippen LogP contribution in [0.4, 0.5) is 0 Å². The summed E-state index contributed by atoms with van der Waals surface area (Å²) >= 11 is 1.00. The van der Waals surface area contributed by atoms with Gasteiger partial charge in [0.25, 0.3) is 0 Å². The molecule has 0 unspecified atom stereocenters. The fourth-order valence-corrected chi connectivity index (χ4v) is 3.41. The van der Waals surface area contributed by atoms with Crippen molar-refractivity contribution < 1.29 is 29.3 Å². The second-order valence-corrected chi connectivity index (χ2v) is 6.32. The van der Waals surface area contributed by atoms with Gasteiger partial charge < -0.3 is 19.7 Å². The maximum absolute atomic E-state index is 11.9. The van der Waals surface area contributed by atoms with E-state index in [0.29, 0.717) is 28.1 Å². The maximum atomic E-state index is 11.9. The number of rotatable bonds is 5. The summed E-state index contributed by atoms with van der Waals surface area (Å²) < 4.78 is 18.7. The Morgan fingerprint density at radius 2 is 1.74 bits per heavy atom. The van der Waals surface area contributed by atoms with Crippen molar-refractivity contribution in [2.24, 2.45) is 0 Å². The van der Waals surface area contributed by atoms with Crippen LogP contribution in [0.5, 0.6) is 11.5 Å². The molecule has 2 heterocycles. The van der Waals surface area contributed by atoms with E-state index in [1.165, 1.54) is 12.1 Å². The number of aliphatic carboxylic acids is 2. The smallest absolute Gasteiger partial charge is 0.336 e. The lowest BCUT2D eigenvalue weighted by Gasteiger charge is -2.10. The van der Waals surface area contributed by atoms with Gasteiger partial charge in [-0.05, 0) is 35.4 Å². The summed E-state index contributed by atoms with van der Waals surface area (Å²) in [7, 11) is 0. The van der Waals surface area contributed by atoms with Crippen molar-refractivity contribution >= 4 is 40.3 Å². The molecule has 0 amide bonds. The molecule has 0 radical (unpaired) electrons. The molecule has 4 rings (SSSR count). The highest BCUT2D eigenvalue weighted by atomic mass is 32.1. The number of hydrogen-bond acceptors (Lipinski definition) is 7. The third-order valence-corrected chi connectivity index (χ3v) is 4.69. The van der Waals surface area contributed by atoms with Crippen LogP contribution in [0, 0.1) is 0 Å². The number of hydrogen-bond donors (Lipinski definition) is 2. The fraction of sp³-hybridized carbons (Fsp3) is 0.111. The lowest BCUT2D eigenvalue weighted by atomic mass is 9.94. The summed E-state index contributed by atoms with van der Waals surface area (Å²) in [4.78, 5) is 23.8. The normalized spacial score (nSPS) is 13.5. The van der Waals surface area contributed by atoms with Crippen molar-refractivity contribution in [1.82, 2.24) is 8.75 Å². The van der Waals surface area contributed by atoms with Gasteiger partial charge in [0.2, 0.25) is 6.79 Å². The molecule has 0 spiro atoms. The summed E-state index contributed by atoms with van der Waals surface area (Å²) in [6.07, 6.45) is -0.0824. The largest absolute Gasteiger partial charge is 0.478 e. The number of fused-ring (bicyclic) bond motifs is 2. The maximum Gasteiger partial charge on any atom is 0.336 e. The highest BCUT2D eigenvalue weighted by Crippen LogP contribution is 2.34. The minimum atomic E-state index is -1.32. The highest BCUT2D eigenvalue weighted by Gasteiger charge is 2.24. The number of carboxylic acid groups (broad SMARTS) is 2. The van der Waals surface area contributed by atoms with E-state index in [1.807, 2.05) is 0 Å². The van der Waals surface area contributed by atoms with Crippen LogP contribution in [0.1, 0.15) is 11.1 Å². The predicted octanol–water partition coefficient (Wildman–Crippen LogP) is 2.59. The molecule has 0 bridgehead atoms. The van der Waals surface area contributed by atoms with E-state index in [2.05, 4.69) is 8.75 Å². The average Bonchev–Trinajstić information content (AvgIpc) is 3.28. The topological polar surface area (TPSA) is 119 Å². The zero-order valence-electron chi connectivity index (χ0n) is 13.7. The van der Waals surface area contributed by atoms with Gasteiger partial charge in [-0.25, -0.2) is 9.59 Å². The molecule has 9 heteroatoms. The Hall–Kier alpha value is -3.46. The molecule has 0 atom stereocenters. The van der Waals surface area contributed by atoms with Crippen molar-refractivity contribution in [1.29, 1.82) is 0 Å². The second kappa shape index (κ2) is 6.69. The quantitative estimate of drug-likeness (QED) is 0.644. The van der Waals surface area contributed by atoms with Crippen LogP contribution in [0.15, 0.2) is 42.0 Å². The molecular formula is C18H12N2O6S. The van der Waals surface area contributed by atoms with E-state index in [4.69, 9.17) is 9.47 Å². The molecule has 1 aliphatic heterocycles. The van der Waals surface area contributed by atoms with E-state index >= 15 is 0 Å². The van der Waals surface area contributed by atoms with E-state index < -0.39 is 11.9 Å². The molecule has 8 nitrogen and oxygen atoms in total. The molecule has 2 N–H and O–H groups in total. The summed E-state index contributed by atoms with van der Waals surface area (Å²) in [5.41, 5.74) is 1.50. The molecule has 2 aromatic carbocycles. The second-order valence-electron chi connectivity index (χ2n) is 5.80. The van der Waals surface area contributed by atoms with Crippen LogP contribution in [-0.2, 0) is 16.0 Å². The molecule has 0 aliphatic carbocycles. The third-order valence-electron chi connectivity index (χ3n) is 4.13. The van der Waals surface area contributed by atoms with Gasteiger partial charge in [-0.1, -0.05) is 12.1 Å². The summed E-state index contributed by atoms with van der Waals surface area (Å²) in [5.74, 6) is -1.55. The van der Waals surface area contributed by atoms with Crippen LogP contribution in [0.25, 0.3) is 16.6 Å². The first kappa shape index (κ1) is 17.0. The number of benzene rings is 2. The van der Waals surface area contributed by atoms with Gasteiger partial charge in [0, 0.05) is 6.42 Å². The van der Waals surface area contributed by atoms with Crippen molar-refractivity contribution in [2.45, 2.75) is 6.42 Å². The summed E-state index contributed by atoms with van der Waals surface area (Å²) in [6, 6.07) is 9.70. The number of ether oxygens (including phenoxy) is 2. The lowest BCUT2D eigenvalue weighted by Crippen LogP contribution is -2.13. The van der Waals surface area contributed by atoms with E-state index in [-0.39, 0.29) is 29.9 Å². The molecule has 1 aromatic heterocycles. The molecule has 0 fully saturated rings. The van der Waals surface area contributed by atoms with Crippen molar-refractivity contribution in [3.8, 4) is 11.5 Å². The Morgan fingerprint density at radius 3 is 2.52 bits per heavy atom. The van der Waals surface area contributed by atoms with Crippen LogP contribution in [-0.4, -0.2) is 37.7 Å². The van der Waals surface area contributed by atoms with Crippen LogP contribution in [0.3, 0.4) is 0 Å². The third kappa shape index (κ3) is 3.20. The standard InChI is InChI=1S/C18H12N2O6S/c21-17(22)11(5-9-1-4-14-15(6-9)26-8-25-14)16(18(23)24)10-2-3-12-13(7-10)20-27-19-12/h1-4,6-7H,5,8H2,(H,21,22)(H,23,24). The Labute approximate surface area is 156 Å². The summed E-state index contributed by atoms with van der Waals surface area (Å²) in [6.45, 7) is 0.0997. The van der Waals surface area contributed by atoms with Gasteiger partial charge in [0.05, 0.1) is 22.9 Å². The van der Waals surface area contributed by atoms with Gasteiger partial charge in [0.15, 0.2) is 11.5 Å². The molecule has 27 heavy (non-hydrogen) atoms. The van der Waals surface area contributed by atoms with Crippen LogP contribution in [0.2, 0.25) is 0 Å². The number of nitrogens with zero attached hydrogens (tertiary/aromatic N) is 2. The average molecular weight is 384 g/mol. The Balaban J connectivity index is 1.81. The zero-order valence-corrected chi connectivity index (χ0v) is 14.5. The Bertz CT molecular complexity index is 1100. The molecule has 136 valence electrons. The van der Waals surface area contributed by atoms with Gasteiger partial charge in [0.1, 0.15) is 11.0 Å². The highest BCUT2D eigenvalue weighted by molar-refractivity contribution is 7.00. The van der Waals surface area contributed by atoms with E-state index in [1.54, 1.807) is 24.3 Å². The SMILES string of the molecule is O=C(O)C(Cc1ccc2c(c1)OCO2)=C(C(=O)O)c1ccc2nsnc2c1. The number of aromatic nitrogens is 2. The van der Waals surface area contributed by atoms with E-state index in [9.17, 15) is 19.8 Å².